The molecule has 0 unspecified atom stereocenters. The Morgan fingerprint density at radius 1 is 0.875 bits per heavy atom. The summed E-state index contributed by atoms with van der Waals surface area (Å²) in [5.74, 6) is -0.962. The fourth-order valence-electron chi connectivity index (χ4n) is 3.56. The van der Waals surface area contributed by atoms with Gasteiger partial charge in [-0.3, -0.25) is 19.7 Å². The number of rotatable bonds is 6. The van der Waals surface area contributed by atoms with E-state index in [1.54, 1.807) is 12.1 Å². The molecular weight excluding hydrogens is 406 g/mol. The highest BCUT2D eigenvalue weighted by Gasteiger charge is 2.40. The fourth-order valence-corrected chi connectivity index (χ4v) is 3.56. The molecule has 0 bridgehead atoms. The highest BCUT2D eigenvalue weighted by Crippen LogP contribution is 2.34. The second kappa shape index (κ2) is 8.47. The largest absolute Gasteiger partial charge is 0.350 e. The lowest BCUT2D eigenvalue weighted by Gasteiger charge is -2.16. The Labute approximate surface area is 185 Å². The summed E-state index contributed by atoms with van der Waals surface area (Å²) in [7, 11) is 0. The third kappa shape index (κ3) is 3.88. The molecule has 160 valence electrons. The van der Waals surface area contributed by atoms with E-state index in [9.17, 15) is 19.7 Å². The number of carbonyl (C=O) groups excluding carboxylic acids is 2. The van der Waals surface area contributed by atoms with Gasteiger partial charge in [0.2, 0.25) is 0 Å². The number of hydrogen-bond donors (Lipinski definition) is 1. The molecule has 0 saturated carbocycles. The van der Waals surface area contributed by atoms with Crippen molar-refractivity contribution in [3.63, 3.8) is 0 Å². The van der Waals surface area contributed by atoms with Gasteiger partial charge in [-0.1, -0.05) is 36.8 Å². The van der Waals surface area contributed by atoms with Crippen molar-refractivity contribution in [3.8, 4) is 0 Å². The van der Waals surface area contributed by atoms with E-state index in [2.05, 4.69) is 5.32 Å². The Hall–Kier alpha value is -4.26. The highest BCUT2D eigenvalue weighted by molar-refractivity contribution is 6.46. The van der Waals surface area contributed by atoms with Crippen LogP contribution < -0.4 is 10.2 Å². The molecule has 3 aromatic rings. The van der Waals surface area contributed by atoms with Gasteiger partial charge in [-0.25, -0.2) is 4.90 Å². The van der Waals surface area contributed by atoms with Crippen molar-refractivity contribution in [2.24, 2.45) is 0 Å². The number of hydrogen-bond acceptors (Lipinski definition) is 5. The number of amides is 2. The van der Waals surface area contributed by atoms with Crippen molar-refractivity contribution in [1.29, 1.82) is 0 Å². The quantitative estimate of drug-likeness (QED) is 0.344. The molecule has 0 spiro atoms. The average Bonchev–Trinajstić information content (AvgIpc) is 3.04. The van der Waals surface area contributed by atoms with Gasteiger partial charge in [0.05, 0.1) is 16.2 Å². The Bertz CT molecular complexity index is 1230. The van der Waals surface area contributed by atoms with Crippen LogP contribution >= 0.6 is 0 Å². The van der Waals surface area contributed by atoms with E-state index < -0.39 is 16.7 Å². The van der Waals surface area contributed by atoms with Crippen LogP contribution in [0.4, 0.5) is 17.1 Å². The number of nitro groups is 1. The Morgan fingerprint density at radius 3 is 2.06 bits per heavy atom. The van der Waals surface area contributed by atoms with Crippen LogP contribution in [0.15, 0.2) is 78.5 Å². The molecule has 4 rings (SSSR count). The molecule has 0 saturated heterocycles. The van der Waals surface area contributed by atoms with Crippen molar-refractivity contribution in [2.75, 3.05) is 10.2 Å². The van der Waals surface area contributed by atoms with Gasteiger partial charge in [-0.05, 0) is 60.9 Å². The van der Waals surface area contributed by atoms with Crippen molar-refractivity contribution in [3.05, 3.63) is 105 Å². The number of aryl methyl sites for hydroxylation is 2. The second-order valence-electron chi connectivity index (χ2n) is 7.51. The molecule has 7 nitrogen and oxygen atoms in total. The van der Waals surface area contributed by atoms with Gasteiger partial charge in [0.1, 0.15) is 5.70 Å². The average molecular weight is 427 g/mol. The summed E-state index contributed by atoms with van der Waals surface area (Å²) < 4.78 is 0. The molecule has 7 heteroatoms. The maximum Gasteiger partial charge on any atom is 0.282 e. The number of imide groups is 1. The van der Waals surface area contributed by atoms with Crippen LogP contribution in [0.2, 0.25) is 0 Å². The summed E-state index contributed by atoms with van der Waals surface area (Å²) in [6, 6.07) is 20.3. The number of nitro benzene ring substituents is 1. The summed E-state index contributed by atoms with van der Waals surface area (Å²) in [4.78, 5) is 38.4. The Morgan fingerprint density at radius 2 is 1.50 bits per heavy atom. The number of non-ortho nitro benzene ring substituents is 1. The molecule has 0 aromatic heterocycles. The van der Waals surface area contributed by atoms with Gasteiger partial charge in [-0.2, -0.15) is 0 Å². The van der Waals surface area contributed by atoms with Crippen LogP contribution in [0.5, 0.6) is 0 Å². The second-order valence-corrected chi connectivity index (χ2v) is 7.51. The molecule has 3 aromatic carbocycles. The van der Waals surface area contributed by atoms with Crippen molar-refractivity contribution < 1.29 is 14.5 Å². The van der Waals surface area contributed by atoms with E-state index in [1.807, 2.05) is 50.2 Å². The van der Waals surface area contributed by atoms with Crippen LogP contribution in [-0.4, -0.2) is 16.7 Å². The Balaban J connectivity index is 1.79. The molecule has 1 heterocycles. The minimum atomic E-state index is -0.507. The zero-order valence-electron chi connectivity index (χ0n) is 17.7. The molecular formula is C25H21N3O4. The van der Waals surface area contributed by atoms with Crippen molar-refractivity contribution in [2.45, 2.75) is 20.3 Å². The molecule has 2 amide bonds. The maximum atomic E-state index is 13.4. The number of nitrogens with one attached hydrogen (secondary N) is 1. The number of anilines is 2. The lowest BCUT2D eigenvalue weighted by molar-refractivity contribution is -0.384. The molecule has 0 radical (unpaired) electrons. The van der Waals surface area contributed by atoms with Crippen LogP contribution in [0.1, 0.15) is 23.6 Å². The minimum Gasteiger partial charge on any atom is -0.350 e. The first-order valence-corrected chi connectivity index (χ1v) is 10.2. The van der Waals surface area contributed by atoms with Gasteiger partial charge in [0, 0.05) is 17.8 Å². The normalized spacial score (nSPS) is 13.6. The molecule has 0 aliphatic carbocycles. The van der Waals surface area contributed by atoms with Gasteiger partial charge in [0.25, 0.3) is 17.5 Å². The van der Waals surface area contributed by atoms with Gasteiger partial charge in [-0.15, -0.1) is 0 Å². The topological polar surface area (TPSA) is 92.6 Å². The smallest absolute Gasteiger partial charge is 0.282 e. The van der Waals surface area contributed by atoms with Crippen LogP contribution in [0.25, 0.3) is 5.57 Å². The zero-order valence-corrected chi connectivity index (χ0v) is 17.7. The lowest BCUT2D eigenvalue weighted by atomic mass is 10.0. The van der Waals surface area contributed by atoms with Crippen LogP contribution in [0, 0.1) is 17.0 Å². The summed E-state index contributed by atoms with van der Waals surface area (Å²) in [5, 5.41) is 14.1. The first-order valence-electron chi connectivity index (χ1n) is 10.2. The van der Waals surface area contributed by atoms with Crippen molar-refractivity contribution in [1.82, 2.24) is 0 Å². The molecule has 1 aliphatic heterocycles. The van der Waals surface area contributed by atoms with Gasteiger partial charge < -0.3 is 5.32 Å². The fraction of sp³-hybridized carbons (Fsp3) is 0.120. The first-order chi connectivity index (χ1) is 15.4. The van der Waals surface area contributed by atoms with Gasteiger partial charge in [0.15, 0.2) is 0 Å². The monoisotopic (exact) mass is 427 g/mol. The standard InChI is InChI=1S/C25H21N3O4/c1-3-17-6-12-20(13-7-17)27-24(29)22(18-8-14-21(15-9-18)28(31)32)23(25(27)30)26-19-10-4-16(2)5-11-19/h4-15,26H,3H2,1-2H3. The molecule has 1 aliphatic rings. The SMILES string of the molecule is CCc1ccc(N2C(=O)C(Nc3ccc(C)cc3)=C(c3ccc([N+](=O)[O-])cc3)C2=O)cc1. The third-order valence-electron chi connectivity index (χ3n) is 5.37. The van der Waals surface area contributed by atoms with E-state index >= 15 is 0 Å². The molecule has 0 fully saturated rings. The highest BCUT2D eigenvalue weighted by atomic mass is 16.6. The summed E-state index contributed by atoms with van der Waals surface area (Å²) in [6.45, 7) is 3.98. The number of nitrogens with zero attached hydrogens (tertiary/aromatic N) is 2. The number of benzene rings is 3. The maximum absolute atomic E-state index is 13.4. The zero-order chi connectivity index (χ0) is 22.8. The van der Waals surface area contributed by atoms with E-state index in [4.69, 9.17) is 0 Å². The predicted octanol–water partition coefficient (Wildman–Crippen LogP) is 4.86. The summed E-state index contributed by atoms with van der Waals surface area (Å²) in [5.41, 5.74) is 3.92. The molecule has 1 N–H and O–H groups in total. The lowest BCUT2D eigenvalue weighted by Crippen LogP contribution is -2.32. The molecule has 32 heavy (non-hydrogen) atoms. The van der Waals surface area contributed by atoms with Crippen LogP contribution in [0.3, 0.4) is 0 Å². The van der Waals surface area contributed by atoms with E-state index in [0.717, 1.165) is 22.4 Å². The van der Waals surface area contributed by atoms with Crippen LogP contribution in [-0.2, 0) is 16.0 Å². The minimum absolute atomic E-state index is 0.0915. The first kappa shape index (κ1) is 21.0. The Kier molecular flexibility index (Phi) is 5.55. The van der Waals surface area contributed by atoms with Gasteiger partial charge >= 0.3 is 0 Å². The predicted molar refractivity (Wildman–Crippen MR) is 123 cm³/mol. The summed E-state index contributed by atoms with van der Waals surface area (Å²) in [6.07, 6.45) is 0.842. The molecule has 0 atom stereocenters. The number of carbonyl (C=O) groups is 2. The third-order valence-corrected chi connectivity index (χ3v) is 5.37. The summed E-state index contributed by atoms with van der Waals surface area (Å²) >= 11 is 0. The van der Waals surface area contributed by atoms with E-state index in [1.165, 1.54) is 24.3 Å². The van der Waals surface area contributed by atoms with Crippen molar-refractivity contribution >= 4 is 34.4 Å². The van der Waals surface area contributed by atoms with E-state index in [-0.39, 0.29) is 17.0 Å². The van der Waals surface area contributed by atoms with E-state index in [0.29, 0.717) is 16.9 Å².